The first-order valence-electron chi connectivity index (χ1n) is 10.8. The highest BCUT2D eigenvalue weighted by molar-refractivity contribution is 7.92. The van der Waals surface area contributed by atoms with Crippen molar-refractivity contribution in [3.05, 3.63) is 77.1 Å². The summed E-state index contributed by atoms with van der Waals surface area (Å²) in [4.78, 5) is 34.4. The minimum Gasteiger partial charge on any atom is -0.338 e. The van der Waals surface area contributed by atoms with Gasteiger partial charge in [0.1, 0.15) is 0 Å². The maximum Gasteiger partial charge on any atom is 0.264 e. The van der Waals surface area contributed by atoms with Crippen molar-refractivity contribution in [2.24, 2.45) is 0 Å². The summed E-state index contributed by atoms with van der Waals surface area (Å²) >= 11 is 0. The zero-order valence-corrected chi connectivity index (χ0v) is 19.7. The SMILES string of the molecule is Cc1cc(C)nc(NS(=O)(=O)c2ccc(NC(=O)c3ccc(CN4CCCC4=O)cc3)cc2)n1. The monoisotopic (exact) mass is 479 g/mol. The summed E-state index contributed by atoms with van der Waals surface area (Å²) in [5.41, 5.74) is 3.18. The van der Waals surface area contributed by atoms with E-state index in [2.05, 4.69) is 20.0 Å². The fourth-order valence-corrected chi connectivity index (χ4v) is 4.67. The number of hydrogen-bond acceptors (Lipinski definition) is 6. The average Bonchev–Trinajstić information content (AvgIpc) is 3.18. The van der Waals surface area contributed by atoms with E-state index in [0.29, 0.717) is 35.6 Å². The minimum absolute atomic E-state index is 0.00687. The van der Waals surface area contributed by atoms with E-state index in [9.17, 15) is 18.0 Å². The molecule has 2 heterocycles. The molecule has 3 aromatic rings. The maximum atomic E-state index is 12.7. The standard InChI is InChI=1S/C24H25N5O4S/c1-16-14-17(2)26-24(25-16)28-34(32,33)21-11-9-20(10-12-21)27-23(31)19-7-5-18(6-8-19)15-29-13-3-4-22(29)30/h5-12,14H,3-4,13,15H2,1-2H3,(H,27,31)(H,25,26,28). The van der Waals surface area contributed by atoms with Gasteiger partial charge in [-0.2, -0.15) is 0 Å². The molecular weight excluding hydrogens is 454 g/mol. The molecule has 0 unspecified atom stereocenters. The molecule has 34 heavy (non-hydrogen) atoms. The van der Waals surface area contributed by atoms with Crippen LogP contribution in [-0.2, 0) is 21.4 Å². The number of carbonyl (C=O) groups is 2. The quantitative estimate of drug-likeness (QED) is 0.536. The molecule has 1 aliphatic heterocycles. The van der Waals surface area contributed by atoms with Crippen molar-refractivity contribution in [1.29, 1.82) is 0 Å². The Labute approximate surface area is 198 Å². The molecule has 0 saturated carbocycles. The summed E-state index contributed by atoms with van der Waals surface area (Å²) < 4.78 is 27.7. The predicted molar refractivity (Wildman–Crippen MR) is 128 cm³/mol. The van der Waals surface area contributed by atoms with E-state index in [1.165, 1.54) is 24.3 Å². The van der Waals surface area contributed by atoms with Crippen molar-refractivity contribution in [3.63, 3.8) is 0 Å². The van der Waals surface area contributed by atoms with Crippen LogP contribution in [0.25, 0.3) is 0 Å². The lowest BCUT2D eigenvalue weighted by Crippen LogP contribution is -2.23. The number of nitrogens with one attached hydrogen (secondary N) is 2. The Morgan fingerprint density at radius 3 is 2.24 bits per heavy atom. The van der Waals surface area contributed by atoms with E-state index in [4.69, 9.17) is 0 Å². The van der Waals surface area contributed by atoms with Crippen molar-refractivity contribution in [1.82, 2.24) is 14.9 Å². The summed E-state index contributed by atoms with van der Waals surface area (Å²) in [5, 5.41) is 2.76. The van der Waals surface area contributed by atoms with Gasteiger partial charge in [-0.15, -0.1) is 0 Å². The topological polar surface area (TPSA) is 121 Å². The van der Waals surface area contributed by atoms with Gasteiger partial charge >= 0.3 is 0 Å². The molecule has 1 fully saturated rings. The summed E-state index contributed by atoms with van der Waals surface area (Å²) in [6.45, 7) is 4.82. The zero-order valence-electron chi connectivity index (χ0n) is 18.9. The zero-order chi connectivity index (χ0) is 24.3. The number of aryl methyl sites for hydroxylation is 2. The number of rotatable bonds is 7. The lowest BCUT2D eigenvalue weighted by Gasteiger charge is -2.15. The highest BCUT2D eigenvalue weighted by Gasteiger charge is 2.20. The Bertz CT molecular complexity index is 1300. The van der Waals surface area contributed by atoms with Crippen LogP contribution in [-0.4, -0.2) is 41.6 Å². The van der Waals surface area contributed by atoms with Crippen LogP contribution >= 0.6 is 0 Å². The summed E-state index contributed by atoms with van der Waals surface area (Å²) in [5.74, 6) is -0.155. The number of carbonyl (C=O) groups excluding carboxylic acids is 2. The third-order valence-corrected chi connectivity index (χ3v) is 6.74. The van der Waals surface area contributed by atoms with Gasteiger partial charge in [-0.3, -0.25) is 9.59 Å². The van der Waals surface area contributed by atoms with Gasteiger partial charge in [-0.1, -0.05) is 12.1 Å². The molecule has 2 amide bonds. The van der Waals surface area contributed by atoms with Crippen molar-refractivity contribution in [3.8, 4) is 0 Å². The van der Waals surface area contributed by atoms with Crippen LogP contribution in [0.15, 0.2) is 59.5 Å². The highest BCUT2D eigenvalue weighted by Crippen LogP contribution is 2.19. The summed E-state index contributed by atoms with van der Waals surface area (Å²) in [6.07, 6.45) is 1.48. The van der Waals surface area contributed by atoms with Crippen LogP contribution in [0.5, 0.6) is 0 Å². The average molecular weight is 480 g/mol. The molecular formula is C24H25N5O4S. The number of anilines is 2. The minimum atomic E-state index is -3.88. The number of sulfonamides is 1. The number of amides is 2. The van der Waals surface area contributed by atoms with E-state index in [0.717, 1.165) is 18.5 Å². The van der Waals surface area contributed by atoms with Gasteiger partial charge in [-0.25, -0.2) is 23.1 Å². The second kappa shape index (κ2) is 9.60. The van der Waals surface area contributed by atoms with E-state index in [1.807, 2.05) is 17.0 Å². The van der Waals surface area contributed by atoms with Crippen LogP contribution in [0.2, 0.25) is 0 Å². The first kappa shape index (κ1) is 23.4. The van der Waals surface area contributed by atoms with Gasteiger partial charge in [0.25, 0.3) is 15.9 Å². The van der Waals surface area contributed by atoms with Crippen molar-refractivity contribution < 1.29 is 18.0 Å². The van der Waals surface area contributed by atoms with Crippen LogP contribution in [0.1, 0.15) is 40.2 Å². The van der Waals surface area contributed by atoms with Gasteiger partial charge in [0, 0.05) is 42.1 Å². The normalized spacial score (nSPS) is 13.7. The lowest BCUT2D eigenvalue weighted by molar-refractivity contribution is -0.128. The van der Waals surface area contributed by atoms with E-state index < -0.39 is 10.0 Å². The smallest absolute Gasteiger partial charge is 0.264 e. The van der Waals surface area contributed by atoms with Crippen molar-refractivity contribution >= 4 is 33.5 Å². The second-order valence-electron chi connectivity index (χ2n) is 8.17. The molecule has 0 atom stereocenters. The first-order valence-corrected chi connectivity index (χ1v) is 12.3. The van der Waals surface area contributed by atoms with Crippen LogP contribution in [0.3, 0.4) is 0 Å². The second-order valence-corrected chi connectivity index (χ2v) is 9.86. The Hall–Kier alpha value is -3.79. The van der Waals surface area contributed by atoms with E-state index >= 15 is 0 Å². The Balaban J connectivity index is 1.39. The number of aromatic nitrogens is 2. The lowest BCUT2D eigenvalue weighted by atomic mass is 10.1. The third kappa shape index (κ3) is 5.57. The van der Waals surface area contributed by atoms with Crippen LogP contribution in [0.4, 0.5) is 11.6 Å². The first-order chi connectivity index (χ1) is 16.2. The predicted octanol–water partition coefficient (Wildman–Crippen LogP) is 3.27. The molecule has 0 radical (unpaired) electrons. The molecule has 2 aromatic carbocycles. The molecule has 10 heteroatoms. The molecule has 0 bridgehead atoms. The van der Waals surface area contributed by atoms with Gasteiger partial charge in [0.15, 0.2) is 0 Å². The largest absolute Gasteiger partial charge is 0.338 e. The van der Waals surface area contributed by atoms with Gasteiger partial charge in [0.2, 0.25) is 11.9 Å². The fraction of sp³-hybridized carbons (Fsp3) is 0.250. The van der Waals surface area contributed by atoms with Gasteiger partial charge in [-0.05, 0) is 68.3 Å². The molecule has 0 spiro atoms. The van der Waals surface area contributed by atoms with Crippen LogP contribution < -0.4 is 10.0 Å². The van der Waals surface area contributed by atoms with Crippen LogP contribution in [0, 0.1) is 13.8 Å². The Morgan fingerprint density at radius 1 is 1.00 bits per heavy atom. The molecule has 9 nitrogen and oxygen atoms in total. The van der Waals surface area contributed by atoms with Gasteiger partial charge in [0.05, 0.1) is 4.90 Å². The summed E-state index contributed by atoms with van der Waals surface area (Å²) in [7, 11) is -3.88. The molecule has 2 N–H and O–H groups in total. The molecule has 1 saturated heterocycles. The van der Waals surface area contributed by atoms with Gasteiger partial charge < -0.3 is 10.2 Å². The molecule has 1 aliphatic rings. The third-order valence-electron chi connectivity index (χ3n) is 5.39. The maximum absolute atomic E-state index is 12.7. The number of benzene rings is 2. The summed E-state index contributed by atoms with van der Waals surface area (Å²) in [6, 6.07) is 14.7. The Morgan fingerprint density at radius 2 is 1.65 bits per heavy atom. The van der Waals surface area contributed by atoms with E-state index in [-0.39, 0.29) is 22.7 Å². The fourth-order valence-electron chi connectivity index (χ4n) is 3.72. The Kier molecular flexibility index (Phi) is 6.60. The highest BCUT2D eigenvalue weighted by atomic mass is 32.2. The molecule has 1 aromatic heterocycles. The van der Waals surface area contributed by atoms with Crippen molar-refractivity contribution in [2.75, 3.05) is 16.6 Å². The number of hydrogen-bond donors (Lipinski definition) is 2. The molecule has 4 rings (SSSR count). The van der Waals surface area contributed by atoms with Crippen molar-refractivity contribution in [2.45, 2.75) is 38.1 Å². The molecule has 0 aliphatic carbocycles. The molecule has 176 valence electrons. The number of nitrogens with zero attached hydrogens (tertiary/aromatic N) is 3. The number of likely N-dealkylation sites (tertiary alicyclic amines) is 1. The van der Waals surface area contributed by atoms with E-state index in [1.54, 1.807) is 32.0 Å².